The number of nitro groups is 1. The van der Waals surface area contributed by atoms with E-state index in [0.29, 0.717) is 60.0 Å². The molecule has 0 bridgehead atoms. The number of ether oxygens (including phenoxy) is 4. The van der Waals surface area contributed by atoms with Crippen LogP contribution in [-0.4, -0.2) is 133 Å². The lowest BCUT2D eigenvalue weighted by molar-refractivity contribution is -0.387. The Balaban J connectivity index is 1.18. The van der Waals surface area contributed by atoms with Crippen LogP contribution < -0.4 is 29.7 Å². The van der Waals surface area contributed by atoms with Gasteiger partial charge in [-0.2, -0.15) is 13.2 Å². The van der Waals surface area contributed by atoms with Crippen LogP contribution in [0.2, 0.25) is 0 Å². The van der Waals surface area contributed by atoms with Crippen LogP contribution in [0, 0.1) is 10.1 Å². The predicted octanol–water partition coefficient (Wildman–Crippen LogP) is 6.34. The first kappa shape index (κ1) is 55.6. The van der Waals surface area contributed by atoms with Crippen molar-refractivity contribution in [3.05, 3.63) is 93.4 Å². The van der Waals surface area contributed by atoms with Gasteiger partial charge < -0.3 is 44.5 Å². The van der Waals surface area contributed by atoms with Gasteiger partial charge in [-0.05, 0) is 88.9 Å². The summed E-state index contributed by atoms with van der Waals surface area (Å²) in [6, 6.07) is 12.6. The minimum Gasteiger partial charge on any atom is -0.478 e. The molecule has 396 valence electrons. The number of nitrogens with zero attached hydrogens (tertiary/aromatic N) is 6. The van der Waals surface area contributed by atoms with Gasteiger partial charge in [0, 0.05) is 76.5 Å². The zero-order valence-corrected chi connectivity index (χ0v) is 41.9. The lowest BCUT2D eigenvalue weighted by Gasteiger charge is -2.43. The highest BCUT2D eigenvalue weighted by Crippen LogP contribution is 2.37. The SMILES string of the molecule is CCOc1ccc(C(=O)N2CCN(c3ccc(-c4cccnc4OCC)nc3Cc3ccc(S(=O)(=O)NCCCNC(=O)C[C@H]4C[C@@H](CCNC(=O)O)OC(C)(C)O4)c([N+](=O)[O-])c3)[C@H](CC)C2)c(C(F)(F)F)n1. The summed E-state index contributed by atoms with van der Waals surface area (Å²) < 4.78 is 94.9. The summed E-state index contributed by atoms with van der Waals surface area (Å²) in [5.41, 5.74) is -0.320. The Kier molecular flexibility index (Phi) is 18.5. The molecule has 73 heavy (non-hydrogen) atoms. The lowest BCUT2D eigenvalue weighted by atomic mass is 10.0. The van der Waals surface area contributed by atoms with Crippen LogP contribution >= 0.6 is 0 Å². The largest absolute Gasteiger partial charge is 0.478 e. The van der Waals surface area contributed by atoms with Crippen molar-refractivity contribution >= 4 is 39.3 Å². The fourth-order valence-electron chi connectivity index (χ4n) is 8.79. The number of nitro benzene ring substituents is 1. The van der Waals surface area contributed by atoms with E-state index in [9.17, 15) is 46.1 Å². The number of carboxylic acid groups (broad SMARTS) is 1. The second-order valence-corrected chi connectivity index (χ2v) is 19.3. The number of alkyl halides is 3. The number of carbonyl (C=O) groups excluding carboxylic acids is 2. The zero-order chi connectivity index (χ0) is 53.1. The predicted molar refractivity (Wildman–Crippen MR) is 259 cm³/mol. The van der Waals surface area contributed by atoms with E-state index in [1.165, 1.54) is 17.0 Å². The standard InChI is InChI=1S/C48H60F3N9O12S/c1-6-31-29-58(45(62)35-13-17-42(69-7-2)57-43(35)48(49,50)51)23-24-59(31)38-15-14-36(34-11-9-19-53-44(34)70-8-3)56-37(38)25-30-12-16-40(39(26-30)60(65)66)73(67,68)55-21-10-20-52-41(61)28-33-27-32(18-22-54-46(63)64)71-47(4,5)72-33/h9,11-17,19,26,31-33,54-55H,6-8,10,18,20-25,27-29H2,1-5H3,(H,52,61)(H,63,64)/t31-,32-,33-/m1/s1. The van der Waals surface area contributed by atoms with Crippen LogP contribution in [0.15, 0.2) is 65.7 Å². The third kappa shape index (κ3) is 14.7. The molecule has 4 N–H and O–H groups in total. The summed E-state index contributed by atoms with van der Waals surface area (Å²) >= 11 is 0. The molecule has 0 spiro atoms. The van der Waals surface area contributed by atoms with Gasteiger partial charge in [0.05, 0.1) is 65.0 Å². The fraction of sp³-hybridized carbons (Fsp3) is 0.500. The normalized spacial score (nSPS) is 17.9. The second-order valence-electron chi connectivity index (χ2n) is 17.6. The third-order valence-corrected chi connectivity index (χ3v) is 13.4. The van der Waals surface area contributed by atoms with E-state index in [1.54, 1.807) is 58.2 Å². The summed E-state index contributed by atoms with van der Waals surface area (Å²) in [6.45, 7) is 9.36. The van der Waals surface area contributed by atoms with Crippen LogP contribution in [0.1, 0.15) is 94.0 Å². The van der Waals surface area contributed by atoms with Crippen molar-refractivity contribution < 1.29 is 64.9 Å². The molecule has 21 nitrogen and oxygen atoms in total. The number of halogens is 3. The van der Waals surface area contributed by atoms with E-state index in [2.05, 4.69) is 25.3 Å². The zero-order valence-electron chi connectivity index (χ0n) is 41.1. The van der Waals surface area contributed by atoms with Crippen molar-refractivity contribution in [1.82, 2.24) is 35.2 Å². The lowest BCUT2D eigenvalue weighted by Crippen LogP contribution is -2.55. The van der Waals surface area contributed by atoms with Crippen molar-refractivity contribution in [2.24, 2.45) is 0 Å². The minimum absolute atomic E-state index is 0.0195. The van der Waals surface area contributed by atoms with E-state index in [-0.39, 0.29) is 83.0 Å². The summed E-state index contributed by atoms with van der Waals surface area (Å²) in [4.78, 5) is 65.0. The maximum absolute atomic E-state index is 14.2. The van der Waals surface area contributed by atoms with Crippen LogP contribution in [-0.2, 0) is 36.9 Å². The van der Waals surface area contributed by atoms with Crippen LogP contribution in [0.25, 0.3) is 11.3 Å². The molecule has 4 aromatic rings. The molecular weight excluding hydrogens is 984 g/mol. The van der Waals surface area contributed by atoms with Gasteiger partial charge in [0.25, 0.3) is 11.6 Å². The number of amides is 3. The highest BCUT2D eigenvalue weighted by Gasteiger charge is 2.41. The maximum Gasteiger partial charge on any atom is 0.434 e. The van der Waals surface area contributed by atoms with E-state index in [4.69, 9.17) is 29.0 Å². The number of aromatic nitrogens is 3. The van der Waals surface area contributed by atoms with Gasteiger partial charge in [0.2, 0.25) is 27.7 Å². The molecule has 2 fully saturated rings. The number of benzene rings is 1. The number of sulfonamides is 1. The molecule has 0 unspecified atom stereocenters. The van der Waals surface area contributed by atoms with E-state index < -0.39 is 72.9 Å². The van der Waals surface area contributed by atoms with Crippen molar-refractivity contribution in [3.63, 3.8) is 0 Å². The Bertz CT molecular complexity index is 2730. The summed E-state index contributed by atoms with van der Waals surface area (Å²) in [5, 5.41) is 26.4. The van der Waals surface area contributed by atoms with Crippen LogP contribution in [0.4, 0.5) is 29.3 Å². The van der Waals surface area contributed by atoms with E-state index in [1.807, 2.05) is 11.8 Å². The molecule has 25 heteroatoms. The number of pyridine rings is 3. The van der Waals surface area contributed by atoms with Gasteiger partial charge in [-0.3, -0.25) is 24.7 Å². The Morgan fingerprint density at radius 3 is 2.41 bits per heavy atom. The average Bonchev–Trinajstić information content (AvgIpc) is 3.33. The maximum atomic E-state index is 14.2. The molecule has 3 amide bonds. The van der Waals surface area contributed by atoms with Crippen molar-refractivity contribution in [3.8, 4) is 23.0 Å². The highest BCUT2D eigenvalue weighted by atomic mass is 32.2. The Morgan fingerprint density at radius 2 is 1.71 bits per heavy atom. The fourth-order valence-corrected chi connectivity index (χ4v) is 10.0. The van der Waals surface area contributed by atoms with Gasteiger partial charge in [-0.25, -0.2) is 27.9 Å². The molecular formula is C48H60F3N9O12S. The van der Waals surface area contributed by atoms with Crippen LogP contribution in [0.5, 0.6) is 11.8 Å². The first-order valence-electron chi connectivity index (χ1n) is 23.8. The molecule has 0 radical (unpaired) electrons. The first-order valence-corrected chi connectivity index (χ1v) is 25.3. The molecule has 2 aliphatic heterocycles. The summed E-state index contributed by atoms with van der Waals surface area (Å²) in [7, 11) is -4.45. The van der Waals surface area contributed by atoms with Gasteiger partial charge in [-0.1, -0.05) is 13.0 Å². The third-order valence-electron chi connectivity index (χ3n) is 11.9. The molecule has 2 aliphatic rings. The number of piperazine rings is 1. The average molecular weight is 1040 g/mol. The van der Waals surface area contributed by atoms with Gasteiger partial charge in [0.1, 0.15) is 0 Å². The molecule has 0 aliphatic carbocycles. The van der Waals surface area contributed by atoms with Crippen molar-refractivity contribution in [1.29, 1.82) is 0 Å². The summed E-state index contributed by atoms with van der Waals surface area (Å²) in [5.74, 6) is -2.16. The number of rotatable bonds is 22. The van der Waals surface area contributed by atoms with Gasteiger partial charge >= 0.3 is 12.3 Å². The summed E-state index contributed by atoms with van der Waals surface area (Å²) in [6.07, 6.45) is -4.13. The second kappa shape index (κ2) is 24.3. The molecule has 5 heterocycles. The minimum atomic E-state index is -4.93. The van der Waals surface area contributed by atoms with Crippen LogP contribution in [0.3, 0.4) is 0 Å². The smallest absolute Gasteiger partial charge is 0.434 e. The number of hydrogen-bond acceptors (Lipinski definition) is 15. The quantitative estimate of drug-likeness (QED) is 0.0380. The first-order chi connectivity index (χ1) is 34.6. The molecule has 1 aromatic carbocycles. The monoisotopic (exact) mass is 1040 g/mol. The van der Waals surface area contributed by atoms with E-state index in [0.717, 1.165) is 18.2 Å². The number of hydrogen-bond donors (Lipinski definition) is 4. The van der Waals surface area contributed by atoms with Crippen molar-refractivity contribution in [2.45, 2.75) is 108 Å². The number of carbonyl (C=O) groups is 3. The Morgan fingerprint density at radius 1 is 0.959 bits per heavy atom. The number of nitrogens with one attached hydrogen (secondary N) is 3. The Hall–Kier alpha value is -6.70. The topological polar surface area (TPSA) is 267 Å². The molecule has 6 rings (SSSR count). The number of anilines is 1. The van der Waals surface area contributed by atoms with Crippen molar-refractivity contribution in [2.75, 3.05) is 57.4 Å². The Labute approximate surface area is 420 Å². The van der Waals surface area contributed by atoms with Gasteiger partial charge in [-0.15, -0.1) is 0 Å². The molecule has 3 atom stereocenters. The van der Waals surface area contributed by atoms with E-state index >= 15 is 0 Å². The van der Waals surface area contributed by atoms with Gasteiger partial charge in [0.15, 0.2) is 16.4 Å². The molecule has 0 saturated carbocycles. The molecule has 2 saturated heterocycles. The highest BCUT2D eigenvalue weighted by molar-refractivity contribution is 7.89. The molecule has 3 aromatic heterocycles.